The van der Waals surface area contributed by atoms with Crippen LogP contribution >= 0.6 is 0 Å². The van der Waals surface area contributed by atoms with Gasteiger partial charge in [0.1, 0.15) is 36.6 Å². The molecule has 1 aromatic rings. The van der Waals surface area contributed by atoms with Gasteiger partial charge in [0, 0.05) is 6.42 Å². The molecule has 1 aromatic heterocycles. The van der Waals surface area contributed by atoms with Crippen molar-refractivity contribution >= 4 is 36.2 Å². The van der Waals surface area contributed by atoms with Crippen molar-refractivity contribution in [2.75, 3.05) is 13.4 Å². The fourth-order valence-electron chi connectivity index (χ4n) is 3.77. The molecule has 16 nitrogen and oxygen atoms in total. The maximum Gasteiger partial charge on any atom is 0.514 e. The Balaban J connectivity index is 2.34. The van der Waals surface area contributed by atoms with Crippen LogP contribution in [-0.4, -0.2) is 84.0 Å². The highest BCUT2D eigenvalue weighted by molar-refractivity contribution is 5.97. The van der Waals surface area contributed by atoms with Gasteiger partial charge < -0.3 is 45.2 Å². The number of H-pyrrole nitrogens is 1. The summed E-state index contributed by atoms with van der Waals surface area (Å²) in [7, 11) is 0. The van der Waals surface area contributed by atoms with E-state index >= 15 is 0 Å². The van der Waals surface area contributed by atoms with E-state index < -0.39 is 78.2 Å². The lowest BCUT2D eigenvalue weighted by Crippen LogP contribution is -2.75. The van der Waals surface area contributed by atoms with Crippen LogP contribution in [0.15, 0.2) is 17.1 Å². The minimum Gasteiger partial charge on any atom is -0.462 e. The van der Waals surface area contributed by atoms with Crippen molar-refractivity contribution in [2.45, 2.75) is 84.8 Å². The van der Waals surface area contributed by atoms with E-state index in [9.17, 15) is 29.5 Å². The molecule has 44 heavy (non-hydrogen) atoms. The van der Waals surface area contributed by atoms with Crippen LogP contribution in [0.25, 0.3) is 0 Å². The monoisotopic (exact) mass is 621 g/mol. The number of nitrogens with zero attached hydrogens (tertiary/aromatic N) is 2. The molecule has 2 rings (SSSR count). The first-order valence-electron chi connectivity index (χ1n) is 13.7. The summed E-state index contributed by atoms with van der Waals surface area (Å²) in [6, 6.07) is 3.69. The summed E-state index contributed by atoms with van der Waals surface area (Å²) in [5, 5.41) is 21.5. The third-order valence-electron chi connectivity index (χ3n) is 6.48. The summed E-state index contributed by atoms with van der Waals surface area (Å²) >= 11 is 0. The number of rotatable bonds is 9. The second-order valence-electron chi connectivity index (χ2n) is 12.0. The number of carbonyl (C=O) groups is 4. The van der Waals surface area contributed by atoms with Crippen LogP contribution in [0.4, 0.5) is 4.79 Å². The minimum absolute atomic E-state index is 0.0146. The van der Waals surface area contributed by atoms with Crippen molar-refractivity contribution in [3.63, 3.8) is 0 Å². The third-order valence-corrected chi connectivity index (χ3v) is 6.48. The molecule has 16 heteroatoms. The topological polar surface area (TPSA) is 253 Å². The lowest BCUT2D eigenvalue weighted by molar-refractivity contribution is -0.309. The lowest BCUT2D eigenvalue weighted by atomic mass is 9.87. The number of amides is 1. The van der Waals surface area contributed by atoms with E-state index in [0.29, 0.717) is 0 Å². The molecule has 0 spiro atoms. The molecule has 242 valence electrons. The lowest BCUT2D eigenvalue weighted by Gasteiger charge is -2.26. The number of nitrogens with one attached hydrogen (secondary N) is 2. The summed E-state index contributed by atoms with van der Waals surface area (Å²) in [6.45, 7) is 10.5. The summed E-state index contributed by atoms with van der Waals surface area (Å²) in [5.41, 5.74) is 7.96. The molecule has 0 unspecified atom stereocenters. The number of amidine groups is 1. The number of carbonyl (C=O) groups excluding carboxylic acids is 4. The Kier molecular flexibility index (Phi) is 11.8. The highest BCUT2D eigenvalue weighted by atomic mass is 16.7. The number of aliphatic imine (C=N–C) groups is 1. The zero-order valence-electron chi connectivity index (χ0n) is 25.8. The van der Waals surface area contributed by atoms with Crippen molar-refractivity contribution in [1.29, 1.82) is 5.26 Å². The van der Waals surface area contributed by atoms with Gasteiger partial charge in [-0.25, -0.2) is 9.79 Å². The van der Waals surface area contributed by atoms with Crippen LogP contribution < -0.4 is 16.5 Å². The Morgan fingerprint density at radius 3 is 2.41 bits per heavy atom. The standard InChI is InChI=1S/C28H40N6O10/c1-8-18(35)43-19-16(11-40-23(37)20(31)26(2,3)4)44-28(12-29,21(19)36)17-10-9-15(33-17)22(32-13-30)34-25(39)42-14-41-24(38)27(5,6)7/h9-10,13,16,19-21,33,36H,8,11,14,31H2,1-7H3,(H2,30,32,34,39)/p+1/t16-,19-,20-,21-,28+/m1/s1. The third kappa shape index (κ3) is 8.62. The Labute approximate surface area is 254 Å². The van der Waals surface area contributed by atoms with E-state index in [0.717, 1.165) is 6.34 Å². The van der Waals surface area contributed by atoms with Gasteiger partial charge in [-0.2, -0.15) is 5.26 Å². The minimum atomic E-state index is -2.14. The molecule has 0 saturated carbocycles. The number of esters is 3. The largest absolute Gasteiger partial charge is 0.514 e. The number of nitrogens with two attached hydrogens (primary N) is 2. The Hall–Kier alpha value is -4.33. The first-order chi connectivity index (χ1) is 20.4. The van der Waals surface area contributed by atoms with Crippen LogP contribution in [0.3, 0.4) is 0 Å². The Bertz CT molecular complexity index is 1320. The fraction of sp³-hybridized carbons (Fsp3) is 0.607. The number of aliphatic hydroxyl groups is 1. The van der Waals surface area contributed by atoms with E-state index in [4.69, 9.17) is 35.2 Å². The van der Waals surface area contributed by atoms with Gasteiger partial charge in [-0.3, -0.25) is 14.4 Å². The second-order valence-corrected chi connectivity index (χ2v) is 12.0. The molecule has 0 bridgehead atoms. The molecular formula is C28H41N6O10+. The first-order valence-corrected chi connectivity index (χ1v) is 13.7. The highest BCUT2D eigenvalue weighted by Crippen LogP contribution is 2.41. The molecule has 2 heterocycles. The van der Waals surface area contributed by atoms with Gasteiger partial charge in [0.2, 0.25) is 12.4 Å². The summed E-state index contributed by atoms with van der Waals surface area (Å²) in [5.74, 6) is -2.20. The van der Waals surface area contributed by atoms with Gasteiger partial charge in [0.05, 0.1) is 11.1 Å². The van der Waals surface area contributed by atoms with Gasteiger partial charge >= 0.3 is 24.0 Å². The molecule has 1 aliphatic heterocycles. The number of aromatic amines is 1. The zero-order valence-corrected chi connectivity index (χ0v) is 25.8. The average molecular weight is 622 g/mol. The van der Waals surface area contributed by atoms with Gasteiger partial charge in [-0.05, 0) is 43.3 Å². The number of hydrogen-bond donors (Lipinski definition) is 5. The van der Waals surface area contributed by atoms with Gasteiger partial charge in [0.25, 0.3) is 5.84 Å². The predicted octanol–water partition coefficient (Wildman–Crippen LogP) is -0.771. The van der Waals surface area contributed by atoms with E-state index in [-0.39, 0.29) is 23.6 Å². The van der Waals surface area contributed by atoms with E-state index in [2.05, 4.69) is 15.0 Å². The number of hydrogen-bond acceptors (Lipinski definition) is 12. The maximum atomic E-state index is 12.5. The SMILES string of the molecule is CCC(=O)O[C@H]1[C@@H](O)[C@](C#N)(c2ccc(/C(=N/C(=O)OCOC(=O)C(C)(C)C)[NH+]=CN)[nH]2)O[C@@H]1COC(=O)[C@@H](N)C(C)(C)C. The summed E-state index contributed by atoms with van der Waals surface area (Å²) < 4.78 is 26.4. The zero-order chi connectivity index (χ0) is 33.5. The molecule has 5 atom stereocenters. The molecule has 0 aromatic carbocycles. The Morgan fingerprint density at radius 1 is 1.20 bits per heavy atom. The average Bonchev–Trinajstić information content (AvgIpc) is 3.54. The van der Waals surface area contributed by atoms with Crippen LogP contribution in [0.5, 0.6) is 0 Å². The molecule has 7 N–H and O–H groups in total. The number of ether oxygens (including phenoxy) is 5. The maximum absolute atomic E-state index is 12.5. The normalized spacial score (nSPS) is 23.1. The molecule has 1 aliphatic rings. The quantitative estimate of drug-likeness (QED) is 0.0747. The van der Waals surface area contributed by atoms with Gasteiger partial charge in [-0.1, -0.05) is 27.7 Å². The molecule has 1 saturated heterocycles. The summed E-state index contributed by atoms with van der Waals surface area (Å²) in [4.78, 5) is 58.0. The van der Waals surface area contributed by atoms with Gasteiger partial charge in [0.15, 0.2) is 12.4 Å². The van der Waals surface area contributed by atoms with Crippen molar-refractivity contribution < 1.29 is 53.0 Å². The molecule has 0 aliphatic carbocycles. The predicted molar refractivity (Wildman–Crippen MR) is 152 cm³/mol. The number of aliphatic hydroxyl groups excluding tert-OH is 1. The highest BCUT2D eigenvalue weighted by Gasteiger charge is 2.59. The number of aromatic nitrogens is 1. The van der Waals surface area contributed by atoms with Crippen molar-refractivity contribution in [2.24, 2.45) is 27.3 Å². The van der Waals surface area contributed by atoms with Crippen LogP contribution in [0.1, 0.15) is 66.3 Å². The number of nitriles is 1. The second kappa shape index (κ2) is 14.4. The molecule has 1 fully saturated rings. The van der Waals surface area contributed by atoms with Crippen molar-refractivity contribution in [1.82, 2.24) is 4.98 Å². The van der Waals surface area contributed by atoms with E-state index in [1.807, 2.05) is 6.07 Å². The summed E-state index contributed by atoms with van der Waals surface area (Å²) in [6.07, 6.45) is -4.60. The van der Waals surface area contributed by atoms with Crippen molar-refractivity contribution in [3.05, 3.63) is 23.5 Å². The Morgan fingerprint density at radius 2 is 1.86 bits per heavy atom. The smallest absolute Gasteiger partial charge is 0.462 e. The first kappa shape index (κ1) is 35.9. The molecular weight excluding hydrogens is 580 g/mol. The molecule has 0 radical (unpaired) electrons. The van der Waals surface area contributed by atoms with Gasteiger partial charge in [-0.15, -0.1) is 0 Å². The fourth-order valence-corrected chi connectivity index (χ4v) is 3.77. The van der Waals surface area contributed by atoms with Crippen molar-refractivity contribution in [3.8, 4) is 6.07 Å². The van der Waals surface area contributed by atoms with Crippen LogP contribution in [-0.2, 0) is 43.7 Å². The molecule has 1 amide bonds. The van der Waals surface area contributed by atoms with Crippen LogP contribution in [0, 0.1) is 22.2 Å². The van der Waals surface area contributed by atoms with E-state index in [1.54, 1.807) is 48.5 Å². The van der Waals surface area contributed by atoms with Crippen LogP contribution in [0.2, 0.25) is 0 Å². The van der Waals surface area contributed by atoms with E-state index in [1.165, 1.54) is 12.1 Å².